The first-order valence-electron chi connectivity index (χ1n) is 12.1. The molecule has 2 aromatic heterocycles. The molecule has 5 rings (SSSR count). The minimum absolute atomic E-state index is 0.0620. The summed E-state index contributed by atoms with van der Waals surface area (Å²) in [6.07, 6.45) is -1.06. The molecular weight excluding hydrogens is 486 g/mol. The van der Waals surface area contributed by atoms with Crippen LogP contribution in [-0.4, -0.2) is 65.0 Å². The molecule has 2 aliphatic heterocycles. The van der Waals surface area contributed by atoms with Crippen LogP contribution in [-0.2, 0) is 36.7 Å². The van der Waals surface area contributed by atoms with E-state index in [9.17, 15) is 13.6 Å². The summed E-state index contributed by atoms with van der Waals surface area (Å²) < 4.78 is 42.1. The number of hydrogen-bond acceptors (Lipinski definition) is 8. The Labute approximate surface area is 212 Å². The van der Waals surface area contributed by atoms with Crippen LogP contribution in [0, 0.1) is 11.6 Å². The third-order valence-electron chi connectivity index (χ3n) is 6.55. The van der Waals surface area contributed by atoms with Gasteiger partial charge in [-0.2, -0.15) is 4.80 Å². The Balaban J connectivity index is 1.35. The molecule has 13 heteroatoms. The summed E-state index contributed by atoms with van der Waals surface area (Å²) in [5.41, 5.74) is 1.28. The largest absolute Gasteiger partial charge is 0.444 e. The van der Waals surface area contributed by atoms with Crippen molar-refractivity contribution < 1.29 is 23.0 Å². The van der Waals surface area contributed by atoms with Gasteiger partial charge in [0.2, 0.25) is 5.82 Å². The molecule has 0 bridgehead atoms. The second-order valence-electron chi connectivity index (χ2n) is 10.5. The van der Waals surface area contributed by atoms with Crippen LogP contribution in [0.4, 0.5) is 13.6 Å². The average Bonchev–Trinajstić information content (AvgIpc) is 3.50. The summed E-state index contributed by atoms with van der Waals surface area (Å²) in [6, 6.07) is 2.50. The van der Waals surface area contributed by atoms with Crippen molar-refractivity contribution in [3.63, 3.8) is 0 Å². The molecule has 37 heavy (non-hydrogen) atoms. The molecule has 1 amide bonds. The molecule has 2 aliphatic rings. The Morgan fingerprint density at radius 2 is 2.00 bits per heavy atom. The lowest BCUT2D eigenvalue weighted by molar-refractivity contribution is -0.0630. The van der Waals surface area contributed by atoms with Crippen LogP contribution in [0.3, 0.4) is 0 Å². The van der Waals surface area contributed by atoms with Gasteiger partial charge in [-0.1, -0.05) is 0 Å². The smallest absolute Gasteiger partial charge is 0.407 e. The molecule has 198 valence electrons. The number of halogens is 2. The highest BCUT2D eigenvalue weighted by Gasteiger charge is 2.40. The number of benzene rings is 1. The molecule has 11 nitrogen and oxygen atoms in total. The number of amides is 1. The van der Waals surface area contributed by atoms with Crippen LogP contribution >= 0.6 is 0 Å². The molecule has 1 N–H and O–H groups in total. The van der Waals surface area contributed by atoms with Crippen LogP contribution in [0.5, 0.6) is 0 Å². The van der Waals surface area contributed by atoms with E-state index in [-0.39, 0.29) is 18.2 Å². The van der Waals surface area contributed by atoms with E-state index in [1.54, 1.807) is 27.8 Å². The minimum atomic E-state index is -0.864. The summed E-state index contributed by atoms with van der Waals surface area (Å²) in [5.74, 6) is -0.0753. The fraction of sp³-hybridized carbons (Fsp3) is 0.542. The van der Waals surface area contributed by atoms with Crippen molar-refractivity contribution >= 4 is 6.09 Å². The summed E-state index contributed by atoms with van der Waals surface area (Å²) in [6.45, 7) is 6.72. The summed E-state index contributed by atoms with van der Waals surface area (Å²) in [4.78, 5) is 21.0. The zero-order valence-electron chi connectivity index (χ0n) is 21.4. The maximum Gasteiger partial charge on any atom is 0.407 e. The molecule has 0 unspecified atom stereocenters. The second kappa shape index (κ2) is 9.45. The lowest BCUT2D eigenvalue weighted by Crippen LogP contribution is -2.52. The number of fused-ring (bicyclic) bond motifs is 1. The second-order valence-corrected chi connectivity index (χ2v) is 10.5. The van der Waals surface area contributed by atoms with Gasteiger partial charge in [-0.15, -0.1) is 10.2 Å². The highest BCUT2D eigenvalue weighted by atomic mass is 19.1. The minimum Gasteiger partial charge on any atom is -0.444 e. The molecule has 1 aromatic carbocycles. The van der Waals surface area contributed by atoms with Gasteiger partial charge in [0.1, 0.15) is 23.3 Å². The van der Waals surface area contributed by atoms with Gasteiger partial charge in [0, 0.05) is 31.7 Å². The lowest BCUT2D eigenvalue weighted by atomic mass is 9.92. The van der Waals surface area contributed by atoms with Gasteiger partial charge in [0.05, 0.1) is 31.1 Å². The zero-order valence-corrected chi connectivity index (χ0v) is 21.4. The molecule has 0 spiro atoms. The molecule has 0 aliphatic carbocycles. The number of aromatic nitrogens is 6. The van der Waals surface area contributed by atoms with E-state index >= 15 is 0 Å². The van der Waals surface area contributed by atoms with Crippen LogP contribution in [0.15, 0.2) is 18.2 Å². The number of carbonyl (C=O) groups excluding carboxylic acids is 1. The summed E-state index contributed by atoms with van der Waals surface area (Å²) in [7, 11) is 3.61. The number of imidazole rings is 1. The highest BCUT2D eigenvalue weighted by Crippen LogP contribution is 2.36. The number of nitrogens with one attached hydrogen (secondary N) is 1. The third kappa shape index (κ3) is 5.18. The van der Waals surface area contributed by atoms with Crippen molar-refractivity contribution in [1.29, 1.82) is 0 Å². The third-order valence-corrected chi connectivity index (χ3v) is 6.55. The van der Waals surface area contributed by atoms with Crippen LogP contribution in [0.25, 0.3) is 11.6 Å². The first kappa shape index (κ1) is 25.2. The van der Waals surface area contributed by atoms with Crippen molar-refractivity contribution in [2.45, 2.75) is 64.1 Å². The fourth-order valence-electron chi connectivity index (χ4n) is 4.89. The Bertz CT molecular complexity index is 1320. The van der Waals surface area contributed by atoms with E-state index in [0.29, 0.717) is 31.2 Å². The van der Waals surface area contributed by atoms with Gasteiger partial charge < -0.3 is 19.4 Å². The Morgan fingerprint density at radius 1 is 1.22 bits per heavy atom. The Hall–Kier alpha value is -3.45. The van der Waals surface area contributed by atoms with Gasteiger partial charge in [0.15, 0.2) is 5.82 Å². The van der Waals surface area contributed by atoms with Gasteiger partial charge in [-0.05, 0) is 50.6 Å². The van der Waals surface area contributed by atoms with Gasteiger partial charge in [0.25, 0.3) is 0 Å². The zero-order chi connectivity index (χ0) is 26.5. The lowest BCUT2D eigenvalue weighted by Gasteiger charge is -2.40. The topological polar surface area (TPSA) is 112 Å². The number of hydrogen-bond donors (Lipinski definition) is 1. The Morgan fingerprint density at radius 3 is 2.68 bits per heavy atom. The molecule has 1 saturated heterocycles. The fourth-order valence-corrected chi connectivity index (χ4v) is 4.89. The molecule has 0 saturated carbocycles. The van der Waals surface area contributed by atoms with E-state index in [1.807, 2.05) is 11.6 Å². The predicted octanol–water partition coefficient (Wildman–Crippen LogP) is 2.63. The maximum atomic E-state index is 14.7. The first-order valence-corrected chi connectivity index (χ1v) is 12.1. The summed E-state index contributed by atoms with van der Waals surface area (Å²) >= 11 is 0. The van der Waals surface area contributed by atoms with E-state index in [4.69, 9.17) is 14.5 Å². The van der Waals surface area contributed by atoms with E-state index < -0.39 is 35.5 Å². The van der Waals surface area contributed by atoms with Crippen LogP contribution < -0.4 is 5.32 Å². The number of nitrogens with zero attached hydrogens (tertiary/aromatic N) is 7. The normalized spacial score (nSPS) is 22.2. The van der Waals surface area contributed by atoms with Crippen LogP contribution in [0.1, 0.15) is 50.2 Å². The van der Waals surface area contributed by atoms with E-state index in [0.717, 1.165) is 29.6 Å². The van der Waals surface area contributed by atoms with E-state index in [1.165, 1.54) is 4.80 Å². The molecule has 1 fully saturated rings. The monoisotopic (exact) mass is 516 g/mol. The van der Waals surface area contributed by atoms with E-state index in [2.05, 4.69) is 25.6 Å². The van der Waals surface area contributed by atoms with Crippen molar-refractivity contribution in [1.82, 2.24) is 40.0 Å². The van der Waals surface area contributed by atoms with Crippen molar-refractivity contribution in [3.8, 4) is 11.6 Å². The molecule has 0 radical (unpaired) electrons. The molecule has 3 atom stereocenters. The van der Waals surface area contributed by atoms with Crippen molar-refractivity contribution in [2.24, 2.45) is 14.1 Å². The molecule has 3 aromatic rings. The quantitative estimate of drug-likeness (QED) is 0.563. The number of tetrazole rings is 1. The maximum absolute atomic E-state index is 14.7. The first-order chi connectivity index (χ1) is 17.5. The van der Waals surface area contributed by atoms with Gasteiger partial charge in [-0.3, -0.25) is 4.90 Å². The number of aryl methyl sites for hydroxylation is 1. The number of ether oxygens (including phenoxy) is 2. The molecule has 4 heterocycles. The van der Waals surface area contributed by atoms with Crippen molar-refractivity contribution in [3.05, 3.63) is 46.8 Å². The highest BCUT2D eigenvalue weighted by molar-refractivity contribution is 5.68. The standard InChI is InChI=1S/C24H30F2N8O3/c1-24(2,3)37-23(35)28-17-9-14(12-36-20(17)15-8-13(25)6-7-16(15)26)34-10-18-19(11-34)32(4)22(27-18)21-29-31-33(5)30-21/h6-8,14,17,20H,9-12H2,1-5H3,(H,28,35)/t14-,17+,20-/m1/s1. The number of carbonyl (C=O) groups is 1. The predicted molar refractivity (Wildman–Crippen MR) is 127 cm³/mol. The Kier molecular flexibility index (Phi) is 6.44. The van der Waals surface area contributed by atoms with Gasteiger partial charge in [-0.25, -0.2) is 18.6 Å². The molecular formula is C24H30F2N8O3. The SMILES string of the molecule is Cn1nnc(-c2nc3c(n2C)CN([C@H]2CO[C@H](c4cc(F)ccc4F)[C@@H](NC(=O)OC(C)(C)C)C2)C3)n1. The van der Waals surface area contributed by atoms with Gasteiger partial charge >= 0.3 is 6.09 Å². The van der Waals surface area contributed by atoms with Crippen molar-refractivity contribution in [2.75, 3.05) is 6.61 Å². The number of rotatable bonds is 4. The van der Waals surface area contributed by atoms with Crippen LogP contribution in [0.2, 0.25) is 0 Å². The average molecular weight is 517 g/mol. The number of alkyl carbamates (subject to hydrolysis) is 1. The summed E-state index contributed by atoms with van der Waals surface area (Å²) in [5, 5.41) is 15.0.